The number of rotatable bonds is 13. The van der Waals surface area contributed by atoms with Gasteiger partial charge in [-0.3, -0.25) is 0 Å². The van der Waals surface area contributed by atoms with Crippen LogP contribution in [0.2, 0.25) is 5.15 Å². The molecule has 16 rings (SSSR count). The van der Waals surface area contributed by atoms with Gasteiger partial charge in [0.1, 0.15) is 49.4 Å². The fourth-order valence-corrected chi connectivity index (χ4v) is 13.1. The maximum Gasteiger partial charge on any atom is 0.410 e. The fourth-order valence-electron chi connectivity index (χ4n) is 12.4. The highest BCUT2D eigenvalue weighted by Gasteiger charge is 2.35. The van der Waals surface area contributed by atoms with Gasteiger partial charge in [-0.25, -0.2) is 44.3 Å². The third-order valence-corrected chi connectivity index (χ3v) is 19.8. The van der Waals surface area contributed by atoms with Gasteiger partial charge in [0.15, 0.2) is 5.15 Å². The number of piperidine rings is 3. The van der Waals surface area contributed by atoms with Crippen molar-refractivity contribution in [2.45, 2.75) is 86.5 Å². The van der Waals surface area contributed by atoms with Crippen LogP contribution in [-0.4, -0.2) is 156 Å². The van der Waals surface area contributed by atoms with E-state index in [0.29, 0.717) is 73.1 Å². The second-order valence-corrected chi connectivity index (χ2v) is 27.6. The SMILES string of the molecule is Clc1nc2ccccc2nc1OC1CN(c2ccc3ccccc3n2)C1.O=C(OCc1ccccc1)N1CCC(I)CC1.O=C(OCc1ccccc1)N1CCC(O)CC1.O=C(OCc1ccccc1)N1CCC(c2nc3ccccc3nc2OC2CN(c3ccc4ccccc4n3)C2)CC1. The molecule has 11 aromatic rings. The smallest absolute Gasteiger partial charge is 0.410 e. The van der Waals surface area contributed by atoms with Crippen LogP contribution in [-0.2, 0) is 34.0 Å². The lowest BCUT2D eigenvalue weighted by Gasteiger charge is -2.40. The molecule has 22 heteroatoms. The van der Waals surface area contributed by atoms with E-state index in [1.165, 1.54) is 0 Å². The molecule has 101 heavy (non-hydrogen) atoms. The summed E-state index contributed by atoms with van der Waals surface area (Å²) in [5.41, 5.74) is 9.08. The standard InChI is InChI=1S/C33H31N5O3.C20H15ClN4O.C13H16INO2.C13H17NO3/c39-33(40-22-23-8-2-1-3-9-23)37-18-16-25(17-19-37)31-32(36-29-13-7-6-12-28(29)35-31)41-26-20-38(21-26)30-15-14-24-10-4-5-11-27(24)34-30;21-19-20(24-17-8-4-3-7-16(17)23-19)26-14-11-25(12-14)18-10-9-13-5-1-2-6-15(13)22-18;14-12-6-8-15(9-7-12)13(16)17-10-11-4-2-1-3-5-11;15-12-6-8-14(9-7-12)13(16)17-10-11-4-2-1-3-5-11/h1-15,25-26H,16-22H2;1-10,14H,11-12H2;1-5,12H,6-10H2;1-5,12,15H,6-10H2. The minimum Gasteiger partial charge on any atom is -0.469 e. The van der Waals surface area contributed by atoms with Gasteiger partial charge in [-0.15, -0.1) is 0 Å². The van der Waals surface area contributed by atoms with Crippen molar-refractivity contribution in [1.29, 1.82) is 0 Å². The monoisotopic (exact) mass is 1490 g/mol. The van der Waals surface area contributed by atoms with Gasteiger partial charge in [-0.1, -0.05) is 186 Å². The van der Waals surface area contributed by atoms with Crippen molar-refractivity contribution in [2.75, 3.05) is 75.2 Å². The predicted octanol–water partition coefficient (Wildman–Crippen LogP) is 15.1. The largest absolute Gasteiger partial charge is 0.469 e. The fraction of sp³-hybridized carbons (Fsp3) is 0.304. The Kier molecular flexibility index (Phi) is 23.3. The predicted molar refractivity (Wildman–Crippen MR) is 400 cm³/mol. The maximum absolute atomic E-state index is 12.7. The number of aliphatic hydroxyl groups excluding tert-OH is 1. The van der Waals surface area contributed by atoms with Crippen LogP contribution in [0.3, 0.4) is 0 Å². The Balaban J connectivity index is 0.000000130. The Morgan fingerprint density at radius 2 is 0.743 bits per heavy atom. The summed E-state index contributed by atoms with van der Waals surface area (Å²) in [6, 6.07) is 69.3. The van der Waals surface area contributed by atoms with Crippen LogP contribution in [0, 0.1) is 0 Å². The van der Waals surface area contributed by atoms with Crippen LogP contribution in [0.4, 0.5) is 26.0 Å². The molecular weight excluding hydrogens is 1410 g/mol. The van der Waals surface area contributed by atoms with Crippen LogP contribution in [0.25, 0.3) is 43.9 Å². The van der Waals surface area contributed by atoms with E-state index in [4.69, 9.17) is 55.2 Å². The van der Waals surface area contributed by atoms with Gasteiger partial charge in [-0.05, 0) is 116 Å². The molecule has 7 aromatic carbocycles. The van der Waals surface area contributed by atoms with Crippen molar-refractivity contribution in [3.05, 3.63) is 240 Å². The van der Waals surface area contributed by atoms with Crippen molar-refractivity contribution in [3.8, 4) is 11.8 Å². The number of fused-ring (bicyclic) bond motifs is 4. The topological polar surface area (TPSA) is 211 Å². The highest BCUT2D eigenvalue weighted by atomic mass is 127. The molecule has 1 N–H and O–H groups in total. The Bertz CT molecular complexity index is 4490. The molecule has 518 valence electrons. The zero-order chi connectivity index (χ0) is 69.3. The molecule has 3 amide bonds. The van der Waals surface area contributed by atoms with Crippen LogP contribution in [0.1, 0.15) is 66.8 Å². The first-order chi connectivity index (χ1) is 49.5. The van der Waals surface area contributed by atoms with E-state index < -0.39 is 0 Å². The summed E-state index contributed by atoms with van der Waals surface area (Å²) in [5.74, 6) is 3.06. The number of aromatic nitrogens is 6. The highest BCUT2D eigenvalue weighted by molar-refractivity contribution is 14.1. The highest BCUT2D eigenvalue weighted by Crippen LogP contribution is 2.36. The molecule has 5 aliphatic rings. The number of likely N-dealkylation sites (tertiary alicyclic amines) is 3. The number of aliphatic hydroxyl groups is 1. The molecule has 0 saturated carbocycles. The summed E-state index contributed by atoms with van der Waals surface area (Å²) in [4.78, 5) is 74.1. The average Bonchev–Trinajstić information content (AvgIpc) is 0.785. The number of ether oxygens (including phenoxy) is 5. The summed E-state index contributed by atoms with van der Waals surface area (Å²) in [7, 11) is 0. The number of carbonyl (C=O) groups excluding carboxylic acids is 3. The molecule has 20 nitrogen and oxygen atoms in total. The van der Waals surface area contributed by atoms with Crippen molar-refractivity contribution >= 4 is 108 Å². The van der Waals surface area contributed by atoms with Crippen molar-refractivity contribution in [1.82, 2.24) is 44.6 Å². The third kappa shape index (κ3) is 18.7. The Morgan fingerprint density at radius 3 is 1.18 bits per heavy atom. The van der Waals surface area contributed by atoms with Gasteiger partial charge < -0.3 is 53.3 Å². The summed E-state index contributed by atoms with van der Waals surface area (Å²) in [5, 5.41) is 11.9. The van der Waals surface area contributed by atoms with Crippen LogP contribution < -0.4 is 19.3 Å². The summed E-state index contributed by atoms with van der Waals surface area (Å²) in [6.45, 7) is 7.94. The quantitative estimate of drug-likeness (QED) is 0.0646. The Labute approximate surface area is 605 Å². The number of anilines is 2. The molecule has 0 radical (unpaired) electrons. The van der Waals surface area contributed by atoms with Crippen LogP contribution >= 0.6 is 34.2 Å². The second-order valence-electron chi connectivity index (χ2n) is 25.5. The van der Waals surface area contributed by atoms with Gasteiger partial charge >= 0.3 is 18.3 Å². The minimum atomic E-state index is -0.291. The Hall–Kier alpha value is -9.97. The zero-order valence-electron chi connectivity index (χ0n) is 55.9. The first-order valence-corrected chi connectivity index (χ1v) is 36.0. The molecule has 4 aromatic heterocycles. The number of benzene rings is 7. The van der Waals surface area contributed by atoms with Crippen molar-refractivity contribution in [3.63, 3.8) is 0 Å². The van der Waals surface area contributed by atoms with Crippen molar-refractivity contribution in [2.24, 2.45) is 0 Å². The summed E-state index contributed by atoms with van der Waals surface area (Å²) >= 11 is 8.66. The normalized spacial score (nSPS) is 16.0. The zero-order valence-corrected chi connectivity index (χ0v) is 58.8. The lowest BCUT2D eigenvalue weighted by atomic mass is 9.93. The van der Waals surface area contributed by atoms with E-state index in [9.17, 15) is 19.5 Å². The maximum atomic E-state index is 12.7. The van der Waals surface area contributed by atoms with Gasteiger partial charge in [0.05, 0.1) is 65.4 Å². The van der Waals surface area contributed by atoms with Crippen LogP contribution in [0.5, 0.6) is 11.8 Å². The number of para-hydroxylation sites is 6. The second kappa shape index (κ2) is 33.9. The van der Waals surface area contributed by atoms with Gasteiger partial charge in [0.2, 0.25) is 5.88 Å². The number of hydrogen-bond donors (Lipinski definition) is 1. The molecule has 0 bridgehead atoms. The van der Waals surface area contributed by atoms with E-state index in [1.54, 1.807) is 14.7 Å². The third-order valence-electron chi connectivity index (χ3n) is 18.3. The van der Waals surface area contributed by atoms with Crippen molar-refractivity contribution < 1.29 is 43.2 Å². The van der Waals surface area contributed by atoms with E-state index >= 15 is 0 Å². The van der Waals surface area contributed by atoms with Crippen LogP contribution in [0.15, 0.2) is 212 Å². The molecule has 5 aliphatic heterocycles. The molecule has 5 saturated heterocycles. The van der Waals surface area contributed by atoms with E-state index in [-0.39, 0.29) is 49.1 Å². The molecule has 0 unspecified atom stereocenters. The van der Waals surface area contributed by atoms with Gasteiger partial charge in [0, 0.05) is 59.9 Å². The van der Waals surface area contributed by atoms with Gasteiger partial charge in [0.25, 0.3) is 5.88 Å². The Morgan fingerprint density at radius 1 is 0.396 bits per heavy atom. The van der Waals surface area contributed by atoms with E-state index in [0.717, 1.165) is 143 Å². The lowest BCUT2D eigenvalue weighted by Crippen LogP contribution is -2.54. The molecular formula is C79H79ClIN11O9. The van der Waals surface area contributed by atoms with Gasteiger partial charge in [-0.2, -0.15) is 0 Å². The molecule has 0 atom stereocenters. The summed E-state index contributed by atoms with van der Waals surface area (Å²) < 4.78 is 29.2. The molecule has 5 fully saturated rings. The van der Waals surface area contributed by atoms with E-state index in [1.807, 2.05) is 182 Å². The number of hydrogen-bond acceptors (Lipinski definition) is 17. The number of carbonyl (C=O) groups is 3. The molecule has 0 aliphatic carbocycles. The first kappa shape index (κ1) is 69.5. The van der Waals surface area contributed by atoms with E-state index in [2.05, 4.69) is 72.7 Å². The molecule has 9 heterocycles. The minimum absolute atomic E-state index is 0.00513. The number of pyridine rings is 2. The molecule has 0 spiro atoms. The number of halogens is 2. The number of amides is 3. The lowest BCUT2D eigenvalue weighted by molar-refractivity contribution is 0.0560. The average molecular weight is 1490 g/mol. The number of alkyl halides is 1. The number of nitrogens with zero attached hydrogens (tertiary/aromatic N) is 11. The summed E-state index contributed by atoms with van der Waals surface area (Å²) in [6.07, 6.45) is 3.99. The first-order valence-electron chi connectivity index (χ1n) is 34.4.